The Hall–Kier alpha value is -1.55. The minimum atomic E-state index is 0.191. The molecule has 0 spiro atoms. The molecule has 2 aliphatic heterocycles. The standard InChI is InChI=1S/C15H21N3O/c16-8-7-11-9-18(10-12-5-6-15(19)17-12)14-4-2-1-3-13(11)14/h1-4,11-12H,5-10,16H2,(H,17,19). The van der Waals surface area contributed by atoms with Crippen LogP contribution in [0.3, 0.4) is 0 Å². The molecule has 4 nitrogen and oxygen atoms in total. The molecule has 2 aliphatic rings. The van der Waals surface area contributed by atoms with Gasteiger partial charge in [0.1, 0.15) is 0 Å². The van der Waals surface area contributed by atoms with Gasteiger partial charge in [-0.05, 0) is 31.0 Å². The number of benzene rings is 1. The van der Waals surface area contributed by atoms with E-state index in [1.54, 1.807) is 0 Å². The van der Waals surface area contributed by atoms with Crippen LogP contribution in [-0.4, -0.2) is 31.6 Å². The van der Waals surface area contributed by atoms with Gasteiger partial charge in [0.15, 0.2) is 0 Å². The summed E-state index contributed by atoms with van der Waals surface area (Å²) in [6, 6.07) is 8.88. The van der Waals surface area contributed by atoms with Crippen molar-refractivity contribution in [3.8, 4) is 0 Å². The van der Waals surface area contributed by atoms with Crippen LogP contribution in [0.25, 0.3) is 0 Å². The Balaban J connectivity index is 1.74. The number of carbonyl (C=O) groups is 1. The van der Waals surface area contributed by atoms with E-state index in [-0.39, 0.29) is 5.91 Å². The lowest BCUT2D eigenvalue weighted by atomic mass is 9.98. The fraction of sp³-hybridized carbons (Fsp3) is 0.533. The Morgan fingerprint density at radius 1 is 1.37 bits per heavy atom. The van der Waals surface area contributed by atoms with Crippen LogP contribution >= 0.6 is 0 Å². The first-order chi connectivity index (χ1) is 9.28. The molecule has 1 fully saturated rings. The van der Waals surface area contributed by atoms with E-state index in [4.69, 9.17) is 5.73 Å². The van der Waals surface area contributed by atoms with Crippen molar-refractivity contribution >= 4 is 11.6 Å². The first-order valence-corrected chi connectivity index (χ1v) is 7.11. The number of amides is 1. The number of para-hydroxylation sites is 1. The Kier molecular flexibility index (Phi) is 3.42. The summed E-state index contributed by atoms with van der Waals surface area (Å²) in [6.45, 7) is 2.68. The Morgan fingerprint density at radius 3 is 2.95 bits per heavy atom. The molecular formula is C15H21N3O. The van der Waals surface area contributed by atoms with Crippen LogP contribution in [0, 0.1) is 0 Å². The average molecular weight is 259 g/mol. The topological polar surface area (TPSA) is 58.4 Å². The summed E-state index contributed by atoms with van der Waals surface area (Å²) in [5, 5.41) is 3.05. The summed E-state index contributed by atoms with van der Waals surface area (Å²) in [6.07, 6.45) is 2.66. The lowest BCUT2D eigenvalue weighted by molar-refractivity contribution is -0.119. The van der Waals surface area contributed by atoms with Crippen LogP contribution in [0.2, 0.25) is 0 Å². The van der Waals surface area contributed by atoms with Crippen LogP contribution in [-0.2, 0) is 4.79 Å². The smallest absolute Gasteiger partial charge is 0.220 e. The first kappa shape index (κ1) is 12.5. The fourth-order valence-corrected chi connectivity index (χ4v) is 3.28. The highest BCUT2D eigenvalue weighted by Gasteiger charge is 2.30. The van der Waals surface area contributed by atoms with E-state index in [9.17, 15) is 4.79 Å². The molecule has 1 amide bonds. The van der Waals surface area contributed by atoms with Crippen LogP contribution in [0.15, 0.2) is 24.3 Å². The molecule has 2 heterocycles. The molecule has 4 heteroatoms. The summed E-state index contributed by atoms with van der Waals surface area (Å²) in [5.41, 5.74) is 8.45. The molecule has 0 aliphatic carbocycles. The van der Waals surface area contributed by atoms with Crippen molar-refractivity contribution in [2.45, 2.75) is 31.2 Å². The van der Waals surface area contributed by atoms with Gasteiger partial charge in [-0.3, -0.25) is 4.79 Å². The number of nitrogens with zero attached hydrogens (tertiary/aromatic N) is 1. The molecule has 0 saturated carbocycles. The van der Waals surface area contributed by atoms with Gasteiger partial charge < -0.3 is 16.0 Å². The zero-order valence-electron chi connectivity index (χ0n) is 11.1. The number of nitrogens with one attached hydrogen (secondary N) is 1. The second kappa shape index (κ2) is 5.21. The molecule has 2 unspecified atom stereocenters. The highest BCUT2D eigenvalue weighted by molar-refractivity contribution is 5.78. The maximum atomic E-state index is 11.3. The highest BCUT2D eigenvalue weighted by atomic mass is 16.1. The third kappa shape index (κ3) is 2.45. The lowest BCUT2D eigenvalue weighted by Gasteiger charge is -2.23. The van der Waals surface area contributed by atoms with Gasteiger partial charge in [0, 0.05) is 37.2 Å². The number of rotatable bonds is 4. The van der Waals surface area contributed by atoms with Crippen molar-refractivity contribution in [3.05, 3.63) is 29.8 Å². The van der Waals surface area contributed by atoms with E-state index in [0.717, 1.165) is 32.5 Å². The predicted molar refractivity (Wildman–Crippen MR) is 76.2 cm³/mol. The Labute approximate surface area is 114 Å². The Bertz CT molecular complexity index is 474. The molecule has 1 aromatic carbocycles. The first-order valence-electron chi connectivity index (χ1n) is 7.11. The van der Waals surface area contributed by atoms with Crippen LogP contribution in [0.5, 0.6) is 0 Å². The SMILES string of the molecule is NCCC1CN(CC2CCC(=O)N2)c2ccccc21. The van der Waals surface area contributed by atoms with Crippen LogP contribution < -0.4 is 16.0 Å². The van der Waals surface area contributed by atoms with Crippen molar-refractivity contribution < 1.29 is 4.79 Å². The third-order valence-electron chi connectivity index (χ3n) is 4.20. The second-order valence-electron chi connectivity index (χ2n) is 5.54. The third-order valence-corrected chi connectivity index (χ3v) is 4.20. The van der Waals surface area contributed by atoms with Crippen molar-refractivity contribution in [3.63, 3.8) is 0 Å². The van der Waals surface area contributed by atoms with Crippen molar-refractivity contribution in [1.82, 2.24) is 5.32 Å². The number of nitrogens with two attached hydrogens (primary N) is 1. The maximum absolute atomic E-state index is 11.3. The molecule has 1 saturated heterocycles. The van der Waals surface area contributed by atoms with Crippen LogP contribution in [0.1, 0.15) is 30.7 Å². The second-order valence-corrected chi connectivity index (χ2v) is 5.54. The maximum Gasteiger partial charge on any atom is 0.220 e. The van der Waals surface area contributed by atoms with Gasteiger partial charge in [-0.1, -0.05) is 18.2 Å². The summed E-state index contributed by atoms with van der Waals surface area (Å²) in [4.78, 5) is 13.7. The number of carbonyl (C=O) groups excluding carboxylic acids is 1. The van der Waals surface area contributed by atoms with E-state index in [2.05, 4.69) is 34.5 Å². The molecule has 0 aromatic heterocycles. The minimum Gasteiger partial charge on any atom is -0.369 e. The molecule has 3 N–H and O–H groups in total. The zero-order chi connectivity index (χ0) is 13.2. The quantitative estimate of drug-likeness (QED) is 0.854. The molecule has 0 radical (unpaired) electrons. The molecule has 3 rings (SSSR count). The molecule has 2 atom stereocenters. The highest BCUT2D eigenvalue weighted by Crippen LogP contribution is 2.37. The van der Waals surface area contributed by atoms with Crippen molar-refractivity contribution in [2.24, 2.45) is 5.73 Å². The van der Waals surface area contributed by atoms with E-state index >= 15 is 0 Å². The number of fused-ring (bicyclic) bond motifs is 1. The molecule has 0 bridgehead atoms. The van der Waals surface area contributed by atoms with Gasteiger partial charge in [-0.15, -0.1) is 0 Å². The van der Waals surface area contributed by atoms with Crippen molar-refractivity contribution in [1.29, 1.82) is 0 Å². The number of hydrogen-bond donors (Lipinski definition) is 2. The summed E-state index contributed by atoms with van der Waals surface area (Å²) < 4.78 is 0. The lowest BCUT2D eigenvalue weighted by Crippen LogP contribution is -2.38. The van der Waals surface area contributed by atoms with Gasteiger partial charge in [-0.25, -0.2) is 0 Å². The summed E-state index contributed by atoms with van der Waals surface area (Å²) >= 11 is 0. The summed E-state index contributed by atoms with van der Waals surface area (Å²) in [7, 11) is 0. The van der Waals surface area contributed by atoms with Gasteiger partial charge in [0.25, 0.3) is 0 Å². The van der Waals surface area contributed by atoms with Crippen LogP contribution in [0.4, 0.5) is 5.69 Å². The monoisotopic (exact) mass is 259 g/mol. The number of hydrogen-bond acceptors (Lipinski definition) is 3. The van der Waals surface area contributed by atoms with E-state index in [1.165, 1.54) is 11.3 Å². The zero-order valence-corrected chi connectivity index (χ0v) is 11.1. The Morgan fingerprint density at radius 2 is 2.21 bits per heavy atom. The van der Waals surface area contributed by atoms with E-state index < -0.39 is 0 Å². The molecular weight excluding hydrogens is 238 g/mol. The molecule has 1 aromatic rings. The summed E-state index contributed by atoms with van der Waals surface area (Å²) in [5.74, 6) is 0.731. The largest absolute Gasteiger partial charge is 0.369 e. The average Bonchev–Trinajstić information content (AvgIpc) is 2.97. The number of anilines is 1. The van der Waals surface area contributed by atoms with Gasteiger partial charge in [-0.2, -0.15) is 0 Å². The van der Waals surface area contributed by atoms with Gasteiger partial charge >= 0.3 is 0 Å². The van der Waals surface area contributed by atoms with Gasteiger partial charge in [0.05, 0.1) is 0 Å². The minimum absolute atomic E-state index is 0.191. The predicted octanol–water partition coefficient (Wildman–Crippen LogP) is 1.22. The fourth-order valence-electron chi connectivity index (χ4n) is 3.28. The molecule has 102 valence electrons. The van der Waals surface area contributed by atoms with Crippen molar-refractivity contribution in [2.75, 3.05) is 24.5 Å². The normalized spacial score (nSPS) is 25.5. The van der Waals surface area contributed by atoms with E-state index in [1.807, 2.05) is 0 Å². The van der Waals surface area contributed by atoms with E-state index in [0.29, 0.717) is 18.4 Å². The molecule has 19 heavy (non-hydrogen) atoms. The van der Waals surface area contributed by atoms with Gasteiger partial charge in [0.2, 0.25) is 5.91 Å².